The second-order valence-electron chi connectivity index (χ2n) is 6.63. The molecule has 4 rings (SSSR count). The van der Waals surface area contributed by atoms with Crippen LogP contribution in [0.4, 0.5) is 5.82 Å². The van der Waals surface area contributed by atoms with Gasteiger partial charge in [0.15, 0.2) is 0 Å². The highest BCUT2D eigenvalue weighted by Crippen LogP contribution is 2.31. The van der Waals surface area contributed by atoms with Crippen LogP contribution in [0.15, 0.2) is 48.1 Å². The van der Waals surface area contributed by atoms with E-state index in [-0.39, 0.29) is 0 Å². The second kappa shape index (κ2) is 8.53. The highest BCUT2D eigenvalue weighted by atomic mass is 32.1. The number of rotatable bonds is 8. The summed E-state index contributed by atoms with van der Waals surface area (Å²) in [5.41, 5.74) is 3.27. The van der Waals surface area contributed by atoms with Crippen molar-refractivity contribution in [2.24, 2.45) is 0 Å². The molecule has 0 atom stereocenters. The van der Waals surface area contributed by atoms with Gasteiger partial charge in [-0.25, -0.2) is 9.97 Å². The van der Waals surface area contributed by atoms with Crippen LogP contribution in [-0.4, -0.2) is 34.8 Å². The van der Waals surface area contributed by atoms with Crippen LogP contribution in [0.25, 0.3) is 21.5 Å². The van der Waals surface area contributed by atoms with Crippen molar-refractivity contribution in [3.05, 3.63) is 53.8 Å². The zero-order chi connectivity index (χ0) is 20.2. The lowest BCUT2D eigenvalue weighted by atomic mass is 10.2. The third kappa shape index (κ3) is 4.05. The topological polar surface area (TPSA) is 61.2 Å². The molecule has 1 N–H and O–H groups in total. The van der Waals surface area contributed by atoms with Gasteiger partial charge in [-0.2, -0.15) is 0 Å². The fourth-order valence-electron chi connectivity index (χ4n) is 3.44. The van der Waals surface area contributed by atoms with Gasteiger partial charge in [-0.15, -0.1) is 11.3 Å². The SMILES string of the molecule is CCOc1csc(-c2cc(NCCn3c(C)cc4c(OC)cccc43)ncn2)c1. The van der Waals surface area contributed by atoms with Crippen molar-refractivity contribution >= 4 is 28.1 Å². The molecule has 29 heavy (non-hydrogen) atoms. The molecule has 0 spiro atoms. The second-order valence-corrected chi connectivity index (χ2v) is 7.54. The van der Waals surface area contributed by atoms with Gasteiger partial charge in [0.25, 0.3) is 0 Å². The van der Waals surface area contributed by atoms with Crippen LogP contribution < -0.4 is 14.8 Å². The minimum Gasteiger partial charge on any atom is -0.496 e. The molecule has 0 aliphatic rings. The number of hydrogen-bond donors (Lipinski definition) is 1. The number of ether oxygens (including phenoxy) is 2. The van der Waals surface area contributed by atoms with Gasteiger partial charge in [-0.1, -0.05) is 6.07 Å². The lowest BCUT2D eigenvalue weighted by Gasteiger charge is -2.11. The van der Waals surface area contributed by atoms with Crippen LogP contribution in [0.3, 0.4) is 0 Å². The van der Waals surface area contributed by atoms with Crippen LogP contribution in [0.2, 0.25) is 0 Å². The monoisotopic (exact) mass is 408 g/mol. The molecule has 3 heterocycles. The molecule has 3 aromatic heterocycles. The molecule has 0 bridgehead atoms. The number of nitrogens with zero attached hydrogens (tertiary/aromatic N) is 3. The molecule has 0 saturated carbocycles. The first-order valence-corrected chi connectivity index (χ1v) is 10.5. The molecule has 0 unspecified atom stereocenters. The van der Waals surface area contributed by atoms with E-state index in [1.807, 2.05) is 36.6 Å². The summed E-state index contributed by atoms with van der Waals surface area (Å²) in [6.45, 7) is 6.35. The number of nitrogens with one attached hydrogen (secondary N) is 1. The molecule has 7 heteroatoms. The van der Waals surface area contributed by atoms with E-state index in [9.17, 15) is 0 Å². The molecule has 0 fully saturated rings. The van der Waals surface area contributed by atoms with Crippen molar-refractivity contribution in [3.8, 4) is 22.1 Å². The molecular weight excluding hydrogens is 384 g/mol. The maximum absolute atomic E-state index is 5.55. The number of benzene rings is 1. The Morgan fingerprint density at radius 3 is 2.90 bits per heavy atom. The highest BCUT2D eigenvalue weighted by Gasteiger charge is 2.10. The zero-order valence-electron chi connectivity index (χ0n) is 16.8. The van der Waals surface area contributed by atoms with E-state index in [0.29, 0.717) is 6.61 Å². The van der Waals surface area contributed by atoms with Crippen molar-refractivity contribution in [1.29, 1.82) is 0 Å². The van der Waals surface area contributed by atoms with Crippen LogP contribution >= 0.6 is 11.3 Å². The maximum atomic E-state index is 5.55. The smallest absolute Gasteiger partial charge is 0.130 e. The average Bonchev–Trinajstić information content (AvgIpc) is 3.33. The van der Waals surface area contributed by atoms with E-state index >= 15 is 0 Å². The Bertz CT molecular complexity index is 1120. The first kappa shape index (κ1) is 19.3. The molecule has 6 nitrogen and oxygen atoms in total. The van der Waals surface area contributed by atoms with Gasteiger partial charge in [-0.3, -0.25) is 0 Å². The minimum atomic E-state index is 0.659. The van der Waals surface area contributed by atoms with E-state index in [1.165, 1.54) is 11.2 Å². The standard InChI is InChI=1S/C22H24N4O2S/c1-4-28-16-11-21(29-13-16)18-12-22(25-14-24-18)23-8-9-26-15(2)10-17-19(26)6-5-7-20(17)27-3/h5-7,10-14H,4,8-9H2,1-3H3,(H,23,24,25). The minimum absolute atomic E-state index is 0.659. The van der Waals surface area contributed by atoms with Crippen molar-refractivity contribution < 1.29 is 9.47 Å². The summed E-state index contributed by atoms with van der Waals surface area (Å²) in [5, 5.41) is 6.56. The Kier molecular flexibility index (Phi) is 5.67. The summed E-state index contributed by atoms with van der Waals surface area (Å²) < 4.78 is 13.3. The van der Waals surface area contributed by atoms with E-state index in [2.05, 4.69) is 38.9 Å². The summed E-state index contributed by atoms with van der Waals surface area (Å²) in [7, 11) is 1.71. The zero-order valence-corrected chi connectivity index (χ0v) is 17.6. The van der Waals surface area contributed by atoms with E-state index in [1.54, 1.807) is 24.8 Å². The molecule has 0 aliphatic carbocycles. The van der Waals surface area contributed by atoms with Crippen LogP contribution in [-0.2, 0) is 6.54 Å². The molecular formula is C22H24N4O2S. The fraction of sp³-hybridized carbons (Fsp3) is 0.273. The van der Waals surface area contributed by atoms with Crippen molar-refractivity contribution in [2.45, 2.75) is 20.4 Å². The molecule has 0 aliphatic heterocycles. The lowest BCUT2D eigenvalue weighted by molar-refractivity contribution is 0.342. The molecule has 1 aromatic carbocycles. The quantitative estimate of drug-likeness (QED) is 0.445. The van der Waals surface area contributed by atoms with Gasteiger partial charge in [0.05, 0.1) is 29.8 Å². The Morgan fingerprint density at radius 1 is 1.17 bits per heavy atom. The number of aryl methyl sites for hydroxylation is 1. The first-order chi connectivity index (χ1) is 14.2. The third-order valence-corrected chi connectivity index (χ3v) is 5.71. The number of methoxy groups -OCH3 is 1. The molecule has 4 aromatic rings. The number of fused-ring (bicyclic) bond motifs is 1. The maximum Gasteiger partial charge on any atom is 0.130 e. The number of thiophene rings is 1. The summed E-state index contributed by atoms with van der Waals surface area (Å²) >= 11 is 1.62. The van der Waals surface area contributed by atoms with Gasteiger partial charge in [-0.05, 0) is 32.0 Å². The lowest BCUT2D eigenvalue weighted by Crippen LogP contribution is -2.12. The summed E-state index contributed by atoms with van der Waals surface area (Å²) in [4.78, 5) is 9.83. The molecule has 150 valence electrons. The third-order valence-electron chi connectivity index (χ3n) is 4.78. The predicted octanol–water partition coefficient (Wildman–Crippen LogP) is 4.99. The normalized spacial score (nSPS) is 11.0. The van der Waals surface area contributed by atoms with Crippen molar-refractivity contribution in [2.75, 3.05) is 25.6 Å². The van der Waals surface area contributed by atoms with Gasteiger partial charge in [0, 0.05) is 41.7 Å². The summed E-state index contributed by atoms with van der Waals surface area (Å²) in [6, 6.07) is 12.3. The van der Waals surface area contributed by atoms with E-state index < -0.39 is 0 Å². The van der Waals surface area contributed by atoms with Gasteiger partial charge in [0.2, 0.25) is 0 Å². The summed E-state index contributed by atoms with van der Waals surface area (Å²) in [5.74, 6) is 2.60. The van der Waals surface area contributed by atoms with Crippen LogP contribution in [0, 0.1) is 6.92 Å². The Labute approximate surface area is 174 Å². The number of anilines is 1. The van der Waals surface area contributed by atoms with Gasteiger partial charge in [0.1, 0.15) is 23.6 Å². The Balaban J connectivity index is 1.46. The highest BCUT2D eigenvalue weighted by molar-refractivity contribution is 7.13. The Hall–Kier alpha value is -3.06. The average molecular weight is 409 g/mol. The molecule has 0 amide bonds. The summed E-state index contributed by atoms with van der Waals surface area (Å²) in [6.07, 6.45) is 1.60. The Morgan fingerprint density at radius 2 is 2.07 bits per heavy atom. The van der Waals surface area contributed by atoms with Gasteiger partial charge >= 0.3 is 0 Å². The molecule has 0 saturated heterocycles. The van der Waals surface area contributed by atoms with Crippen LogP contribution in [0.5, 0.6) is 11.5 Å². The fourth-order valence-corrected chi connectivity index (χ4v) is 4.24. The predicted molar refractivity (Wildman–Crippen MR) is 118 cm³/mol. The number of hydrogen-bond acceptors (Lipinski definition) is 6. The number of aromatic nitrogens is 3. The van der Waals surface area contributed by atoms with E-state index in [0.717, 1.165) is 46.4 Å². The van der Waals surface area contributed by atoms with Crippen molar-refractivity contribution in [3.63, 3.8) is 0 Å². The van der Waals surface area contributed by atoms with Gasteiger partial charge < -0.3 is 19.4 Å². The van der Waals surface area contributed by atoms with E-state index in [4.69, 9.17) is 9.47 Å². The van der Waals surface area contributed by atoms with Crippen molar-refractivity contribution in [1.82, 2.24) is 14.5 Å². The van der Waals surface area contributed by atoms with Crippen LogP contribution in [0.1, 0.15) is 12.6 Å². The molecule has 0 radical (unpaired) electrons. The first-order valence-electron chi connectivity index (χ1n) is 9.60. The largest absolute Gasteiger partial charge is 0.496 e.